The van der Waals surface area contributed by atoms with Crippen molar-refractivity contribution in [3.05, 3.63) is 65.2 Å². The predicted octanol–water partition coefficient (Wildman–Crippen LogP) is 4.46. The zero-order valence-corrected chi connectivity index (χ0v) is 18.2. The molecule has 0 spiro atoms. The second kappa shape index (κ2) is 11.1. The summed E-state index contributed by atoms with van der Waals surface area (Å²) in [6.07, 6.45) is 1.71. The van der Waals surface area contributed by atoms with Gasteiger partial charge in [0.25, 0.3) is 0 Å². The van der Waals surface area contributed by atoms with Crippen molar-refractivity contribution in [3.8, 4) is 5.75 Å². The van der Waals surface area contributed by atoms with Crippen LogP contribution in [0.5, 0.6) is 5.75 Å². The van der Waals surface area contributed by atoms with Gasteiger partial charge in [-0.1, -0.05) is 32.0 Å². The summed E-state index contributed by atoms with van der Waals surface area (Å²) < 4.78 is 33.3. The molecule has 31 heavy (non-hydrogen) atoms. The molecular weight excluding hydrogens is 400 g/mol. The first-order valence-corrected chi connectivity index (χ1v) is 10.8. The first-order valence-electron chi connectivity index (χ1n) is 10.8. The van der Waals surface area contributed by atoms with E-state index in [4.69, 9.17) is 4.74 Å². The normalized spacial score (nSPS) is 14.5. The Labute approximate surface area is 182 Å². The van der Waals surface area contributed by atoms with Crippen LogP contribution in [-0.2, 0) is 13.1 Å². The van der Waals surface area contributed by atoms with E-state index in [0.29, 0.717) is 19.1 Å². The lowest BCUT2D eigenvalue weighted by Gasteiger charge is -2.29. The van der Waals surface area contributed by atoms with Gasteiger partial charge < -0.3 is 20.3 Å². The second-order valence-corrected chi connectivity index (χ2v) is 8.41. The van der Waals surface area contributed by atoms with Crippen LogP contribution in [0.15, 0.2) is 42.5 Å². The summed E-state index contributed by atoms with van der Waals surface area (Å²) in [5, 5.41) is 6.33. The average Bonchev–Trinajstić information content (AvgIpc) is 2.75. The number of piperidine rings is 1. The summed E-state index contributed by atoms with van der Waals surface area (Å²) in [5.74, 6) is -0.0896. The van der Waals surface area contributed by atoms with Gasteiger partial charge >= 0.3 is 6.03 Å². The van der Waals surface area contributed by atoms with Gasteiger partial charge in [-0.15, -0.1) is 0 Å². The molecule has 1 aliphatic rings. The predicted molar refractivity (Wildman–Crippen MR) is 117 cm³/mol. The van der Waals surface area contributed by atoms with E-state index in [1.165, 1.54) is 12.1 Å². The fourth-order valence-electron chi connectivity index (χ4n) is 3.46. The second-order valence-electron chi connectivity index (χ2n) is 8.41. The van der Waals surface area contributed by atoms with Gasteiger partial charge in [-0.3, -0.25) is 0 Å². The molecule has 1 fully saturated rings. The van der Waals surface area contributed by atoms with Gasteiger partial charge in [0, 0.05) is 24.2 Å². The van der Waals surface area contributed by atoms with Crippen molar-refractivity contribution in [1.82, 2.24) is 15.5 Å². The Hall–Kier alpha value is -2.67. The van der Waals surface area contributed by atoms with Crippen molar-refractivity contribution in [2.45, 2.75) is 45.8 Å². The molecule has 3 rings (SSSR count). The van der Waals surface area contributed by atoms with E-state index in [0.717, 1.165) is 43.3 Å². The van der Waals surface area contributed by atoms with E-state index < -0.39 is 11.6 Å². The standard InChI is InChI=1S/C24H31F2N3O2/c1-17(2)16-31-22-7-3-18(4-8-22)14-29(15-19-5-6-20(25)13-23(19)26)24(30)28-21-9-11-27-12-10-21/h3-8,13,17,21,27H,9-12,14-16H2,1-2H3,(H,28,30). The highest BCUT2D eigenvalue weighted by Crippen LogP contribution is 2.18. The molecule has 2 aromatic rings. The molecule has 0 bridgehead atoms. The van der Waals surface area contributed by atoms with E-state index >= 15 is 0 Å². The lowest BCUT2D eigenvalue weighted by molar-refractivity contribution is 0.184. The molecular formula is C24H31F2N3O2. The SMILES string of the molecule is CC(C)COc1ccc(CN(Cc2ccc(F)cc2F)C(=O)NC2CCNCC2)cc1. The lowest BCUT2D eigenvalue weighted by Crippen LogP contribution is -2.48. The minimum Gasteiger partial charge on any atom is -0.493 e. The molecule has 2 N–H and O–H groups in total. The number of hydrogen-bond donors (Lipinski definition) is 2. The number of carbonyl (C=O) groups is 1. The van der Waals surface area contributed by atoms with Crippen LogP contribution in [0, 0.1) is 17.6 Å². The number of urea groups is 1. The highest BCUT2D eigenvalue weighted by atomic mass is 19.1. The molecule has 2 amide bonds. The molecule has 0 unspecified atom stereocenters. The van der Waals surface area contributed by atoms with Gasteiger partial charge in [-0.05, 0) is 55.6 Å². The summed E-state index contributed by atoms with van der Waals surface area (Å²) in [6, 6.07) is 10.8. The monoisotopic (exact) mass is 431 g/mol. The maximum absolute atomic E-state index is 14.3. The molecule has 0 aliphatic carbocycles. The summed E-state index contributed by atoms with van der Waals surface area (Å²) in [5.41, 5.74) is 1.18. The minimum absolute atomic E-state index is 0.0501. The zero-order valence-electron chi connectivity index (χ0n) is 18.2. The maximum Gasteiger partial charge on any atom is 0.318 e. The van der Waals surface area contributed by atoms with Gasteiger partial charge in [-0.2, -0.15) is 0 Å². The van der Waals surface area contributed by atoms with Crippen LogP contribution in [0.4, 0.5) is 13.6 Å². The molecule has 0 saturated carbocycles. The Morgan fingerprint density at radius 1 is 1.13 bits per heavy atom. The third-order valence-electron chi connectivity index (χ3n) is 5.21. The highest BCUT2D eigenvalue weighted by molar-refractivity contribution is 5.74. The van der Waals surface area contributed by atoms with Gasteiger partial charge in [0.05, 0.1) is 13.2 Å². The van der Waals surface area contributed by atoms with Crippen LogP contribution in [0.3, 0.4) is 0 Å². The fourth-order valence-corrected chi connectivity index (χ4v) is 3.46. The molecule has 168 valence electrons. The van der Waals surface area contributed by atoms with Crippen molar-refractivity contribution < 1.29 is 18.3 Å². The van der Waals surface area contributed by atoms with Crippen molar-refractivity contribution in [2.75, 3.05) is 19.7 Å². The third-order valence-corrected chi connectivity index (χ3v) is 5.21. The minimum atomic E-state index is -0.655. The van der Waals surface area contributed by atoms with Crippen LogP contribution in [-0.4, -0.2) is 36.7 Å². The zero-order chi connectivity index (χ0) is 22.2. The number of ether oxygens (including phenoxy) is 1. The smallest absolute Gasteiger partial charge is 0.318 e. The van der Waals surface area contributed by atoms with Gasteiger partial charge in [-0.25, -0.2) is 13.6 Å². The Bertz CT molecular complexity index is 852. The fraction of sp³-hybridized carbons (Fsp3) is 0.458. The van der Waals surface area contributed by atoms with Crippen molar-refractivity contribution >= 4 is 6.03 Å². The Kier molecular flexibility index (Phi) is 8.23. The van der Waals surface area contributed by atoms with Gasteiger partial charge in [0.1, 0.15) is 17.4 Å². The Morgan fingerprint density at radius 3 is 2.48 bits per heavy atom. The van der Waals surface area contributed by atoms with Gasteiger partial charge in [0.15, 0.2) is 0 Å². The maximum atomic E-state index is 14.3. The van der Waals surface area contributed by atoms with Crippen LogP contribution in [0.25, 0.3) is 0 Å². The number of carbonyl (C=O) groups excluding carboxylic acids is 1. The van der Waals surface area contributed by atoms with Crippen molar-refractivity contribution in [1.29, 1.82) is 0 Å². The molecule has 2 aromatic carbocycles. The Morgan fingerprint density at radius 2 is 1.84 bits per heavy atom. The van der Waals surface area contributed by atoms with Crippen LogP contribution < -0.4 is 15.4 Å². The molecule has 0 radical (unpaired) electrons. The number of halogens is 2. The van der Waals surface area contributed by atoms with E-state index in [9.17, 15) is 13.6 Å². The average molecular weight is 432 g/mol. The quantitative estimate of drug-likeness (QED) is 0.649. The summed E-state index contributed by atoms with van der Waals surface area (Å²) >= 11 is 0. The number of nitrogens with zero attached hydrogens (tertiary/aromatic N) is 1. The van der Waals surface area contributed by atoms with E-state index in [2.05, 4.69) is 24.5 Å². The van der Waals surface area contributed by atoms with E-state index in [1.807, 2.05) is 24.3 Å². The molecule has 1 saturated heterocycles. The molecule has 0 aromatic heterocycles. The van der Waals surface area contributed by atoms with Gasteiger partial charge in [0.2, 0.25) is 0 Å². The first kappa shape index (κ1) is 23.0. The summed E-state index contributed by atoms with van der Waals surface area (Å²) in [4.78, 5) is 14.6. The number of rotatable bonds is 8. The van der Waals surface area contributed by atoms with E-state index in [1.54, 1.807) is 4.90 Å². The molecule has 1 aliphatic heterocycles. The number of hydrogen-bond acceptors (Lipinski definition) is 3. The lowest BCUT2D eigenvalue weighted by atomic mass is 10.1. The van der Waals surface area contributed by atoms with E-state index in [-0.39, 0.29) is 24.2 Å². The summed E-state index contributed by atoms with van der Waals surface area (Å²) in [6.45, 7) is 6.87. The largest absolute Gasteiger partial charge is 0.493 e. The molecule has 1 heterocycles. The highest BCUT2D eigenvalue weighted by Gasteiger charge is 2.21. The molecule has 5 nitrogen and oxygen atoms in total. The number of nitrogens with one attached hydrogen (secondary N) is 2. The summed E-state index contributed by atoms with van der Waals surface area (Å²) in [7, 11) is 0. The third kappa shape index (κ3) is 7.21. The van der Waals surface area contributed by atoms with Crippen LogP contribution in [0.2, 0.25) is 0 Å². The first-order chi connectivity index (χ1) is 14.9. The number of benzene rings is 2. The Balaban J connectivity index is 1.71. The molecule has 0 atom stereocenters. The number of amides is 2. The van der Waals surface area contributed by atoms with Crippen LogP contribution in [0.1, 0.15) is 37.8 Å². The van der Waals surface area contributed by atoms with Crippen molar-refractivity contribution in [2.24, 2.45) is 5.92 Å². The molecule has 7 heteroatoms. The van der Waals surface area contributed by atoms with Crippen LogP contribution >= 0.6 is 0 Å². The van der Waals surface area contributed by atoms with Crippen molar-refractivity contribution in [3.63, 3.8) is 0 Å². The topological polar surface area (TPSA) is 53.6 Å².